The largest absolute Gasteiger partial charge is 0.396 e. The number of rotatable bonds is 7. The third kappa shape index (κ3) is 5.55. The summed E-state index contributed by atoms with van der Waals surface area (Å²) in [5, 5.41) is 8.69. The zero-order valence-corrected chi connectivity index (χ0v) is 9.36. The zero-order valence-electron chi connectivity index (χ0n) is 9.36. The van der Waals surface area contributed by atoms with Crippen LogP contribution in [0.15, 0.2) is 30.3 Å². The molecule has 0 aliphatic rings. The second-order valence-electron chi connectivity index (χ2n) is 3.78. The van der Waals surface area contributed by atoms with Crippen molar-refractivity contribution in [2.24, 2.45) is 0 Å². The Labute approximate surface area is 91.9 Å². The summed E-state index contributed by atoms with van der Waals surface area (Å²) in [5.74, 6) is 0. The van der Waals surface area contributed by atoms with Crippen molar-refractivity contribution in [3.8, 4) is 0 Å². The van der Waals surface area contributed by atoms with Crippen LogP contribution in [0.5, 0.6) is 0 Å². The molecular weight excluding hydrogens is 188 g/mol. The molecule has 0 bridgehead atoms. The molecule has 0 saturated carbocycles. The summed E-state index contributed by atoms with van der Waals surface area (Å²) in [6.45, 7) is 2.98. The second kappa shape index (κ2) is 7.43. The first kappa shape index (κ1) is 12.2. The van der Waals surface area contributed by atoms with E-state index in [0.717, 1.165) is 25.9 Å². The molecule has 0 aliphatic heterocycles. The Morgan fingerprint density at radius 2 is 2.00 bits per heavy atom. The fraction of sp³-hybridized carbons (Fsp3) is 0.538. The van der Waals surface area contributed by atoms with Crippen molar-refractivity contribution in [2.75, 3.05) is 13.2 Å². The second-order valence-corrected chi connectivity index (χ2v) is 3.78. The van der Waals surface area contributed by atoms with Gasteiger partial charge >= 0.3 is 0 Å². The Kier molecular flexibility index (Phi) is 6.05. The van der Waals surface area contributed by atoms with E-state index >= 15 is 0 Å². The Morgan fingerprint density at radius 1 is 1.27 bits per heavy atom. The van der Waals surface area contributed by atoms with Gasteiger partial charge in [0.2, 0.25) is 0 Å². The molecular formula is C13H20O2. The first-order valence-electron chi connectivity index (χ1n) is 5.59. The Morgan fingerprint density at radius 3 is 2.67 bits per heavy atom. The van der Waals surface area contributed by atoms with E-state index in [-0.39, 0.29) is 12.7 Å². The predicted molar refractivity (Wildman–Crippen MR) is 61.9 cm³/mol. The minimum absolute atomic E-state index is 0.172. The van der Waals surface area contributed by atoms with E-state index in [9.17, 15) is 0 Å². The van der Waals surface area contributed by atoms with Crippen LogP contribution in [0, 0.1) is 0 Å². The van der Waals surface area contributed by atoms with Gasteiger partial charge in [-0.25, -0.2) is 0 Å². The van der Waals surface area contributed by atoms with E-state index in [1.54, 1.807) is 0 Å². The van der Waals surface area contributed by atoms with Crippen molar-refractivity contribution in [3.63, 3.8) is 0 Å². The molecule has 84 valence electrons. The number of aryl methyl sites for hydroxylation is 1. The number of benzene rings is 1. The van der Waals surface area contributed by atoms with Crippen LogP contribution in [0.25, 0.3) is 0 Å². The van der Waals surface area contributed by atoms with Crippen molar-refractivity contribution in [1.29, 1.82) is 0 Å². The van der Waals surface area contributed by atoms with E-state index in [2.05, 4.69) is 24.3 Å². The summed E-state index contributed by atoms with van der Waals surface area (Å²) in [7, 11) is 0. The standard InChI is InChI=1S/C13H20O2/c1-12(9-10-14)15-11-5-8-13-6-3-2-4-7-13/h2-4,6-7,12,14H,5,8-11H2,1H3. The summed E-state index contributed by atoms with van der Waals surface area (Å²) in [5.41, 5.74) is 1.36. The molecule has 1 atom stereocenters. The van der Waals surface area contributed by atoms with E-state index in [1.807, 2.05) is 13.0 Å². The summed E-state index contributed by atoms with van der Waals surface area (Å²) >= 11 is 0. The molecule has 0 spiro atoms. The van der Waals surface area contributed by atoms with Crippen LogP contribution in [-0.2, 0) is 11.2 Å². The van der Waals surface area contributed by atoms with Crippen molar-refractivity contribution in [1.82, 2.24) is 0 Å². The average Bonchev–Trinajstić information content (AvgIpc) is 2.26. The molecule has 1 N–H and O–H groups in total. The van der Waals surface area contributed by atoms with Gasteiger partial charge in [0.25, 0.3) is 0 Å². The van der Waals surface area contributed by atoms with E-state index in [0.29, 0.717) is 0 Å². The quantitative estimate of drug-likeness (QED) is 0.697. The molecule has 2 heteroatoms. The first-order valence-corrected chi connectivity index (χ1v) is 5.59. The highest BCUT2D eigenvalue weighted by atomic mass is 16.5. The Balaban J connectivity index is 2.07. The SMILES string of the molecule is CC(CCO)OCCCc1ccccc1. The molecule has 0 radical (unpaired) electrons. The van der Waals surface area contributed by atoms with Gasteiger partial charge in [0.05, 0.1) is 6.10 Å². The number of aliphatic hydroxyl groups excluding tert-OH is 1. The third-order valence-corrected chi connectivity index (χ3v) is 2.39. The van der Waals surface area contributed by atoms with Crippen LogP contribution in [0.2, 0.25) is 0 Å². The van der Waals surface area contributed by atoms with Gasteiger partial charge in [0.15, 0.2) is 0 Å². The monoisotopic (exact) mass is 208 g/mol. The van der Waals surface area contributed by atoms with Crippen LogP contribution < -0.4 is 0 Å². The Hall–Kier alpha value is -0.860. The van der Waals surface area contributed by atoms with E-state index < -0.39 is 0 Å². The van der Waals surface area contributed by atoms with Crippen LogP contribution in [-0.4, -0.2) is 24.4 Å². The average molecular weight is 208 g/mol. The molecule has 0 aliphatic carbocycles. The normalized spacial score (nSPS) is 12.7. The number of ether oxygens (including phenoxy) is 1. The summed E-state index contributed by atoms with van der Waals surface area (Å²) in [6, 6.07) is 10.4. The predicted octanol–water partition coefficient (Wildman–Crippen LogP) is 2.41. The third-order valence-electron chi connectivity index (χ3n) is 2.39. The van der Waals surface area contributed by atoms with Crippen molar-refractivity contribution < 1.29 is 9.84 Å². The summed E-state index contributed by atoms with van der Waals surface area (Å²) < 4.78 is 5.54. The summed E-state index contributed by atoms with van der Waals surface area (Å²) in [4.78, 5) is 0. The molecule has 1 unspecified atom stereocenters. The van der Waals surface area contributed by atoms with Crippen LogP contribution >= 0.6 is 0 Å². The number of hydrogen-bond acceptors (Lipinski definition) is 2. The lowest BCUT2D eigenvalue weighted by atomic mass is 10.1. The maximum absolute atomic E-state index is 8.69. The fourth-order valence-corrected chi connectivity index (χ4v) is 1.47. The molecule has 1 aromatic carbocycles. The van der Waals surface area contributed by atoms with Crippen molar-refractivity contribution in [2.45, 2.75) is 32.3 Å². The van der Waals surface area contributed by atoms with Gasteiger partial charge in [0, 0.05) is 13.2 Å². The lowest BCUT2D eigenvalue weighted by Crippen LogP contribution is -2.11. The molecule has 15 heavy (non-hydrogen) atoms. The molecule has 0 amide bonds. The van der Waals surface area contributed by atoms with Gasteiger partial charge < -0.3 is 9.84 Å². The minimum atomic E-state index is 0.172. The molecule has 0 aromatic heterocycles. The van der Waals surface area contributed by atoms with E-state index in [1.165, 1.54) is 5.56 Å². The molecule has 1 aromatic rings. The smallest absolute Gasteiger partial charge is 0.0568 e. The minimum Gasteiger partial charge on any atom is -0.396 e. The highest BCUT2D eigenvalue weighted by Gasteiger charge is 2.00. The lowest BCUT2D eigenvalue weighted by Gasteiger charge is -2.11. The Bertz CT molecular complexity index is 246. The van der Waals surface area contributed by atoms with E-state index in [4.69, 9.17) is 9.84 Å². The molecule has 1 rings (SSSR count). The maximum atomic E-state index is 8.69. The number of aliphatic hydroxyl groups is 1. The van der Waals surface area contributed by atoms with Gasteiger partial charge in [0.1, 0.15) is 0 Å². The zero-order chi connectivity index (χ0) is 10.9. The van der Waals surface area contributed by atoms with Crippen molar-refractivity contribution in [3.05, 3.63) is 35.9 Å². The highest BCUT2D eigenvalue weighted by Crippen LogP contribution is 2.04. The van der Waals surface area contributed by atoms with Gasteiger partial charge in [-0.15, -0.1) is 0 Å². The number of hydrogen-bond donors (Lipinski definition) is 1. The molecule has 0 heterocycles. The van der Waals surface area contributed by atoms with Gasteiger partial charge in [-0.05, 0) is 31.7 Å². The molecule has 0 saturated heterocycles. The van der Waals surface area contributed by atoms with Crippen LogP contribution in [0.1, 0.15) is 25.3 Å². The van der Waals surface area contributed by atoms with Gasteiger partial charge in [-0.1, -0.05) is 30.3 Å². The van der Waals surface area contributed by atoms with Crippen LogP contribution in [0.3, 0.4) is 0 Å². The first-order chi connectivity index (χ1) is 7.33. The highest BCUT2D eigenvalue weighted by molar-refractivity contribution is 5.14. The fourth-order valence-electron chi connectivity index (χ4n) is 1.47. The van der Waals surface area contributed by atoms with Gasteiger partial charge in [-0.2, -0.15) is 0 Å². The summed E-state index contributed by atoms with van der Waals surface area (Å²) in [6.07, 6.45) is 3.00. The lowest BCUT2D eigenvalue weighted by molar-refractivity contribution is 0.0467. The maximum Gasteiger partial charge on any atom is 0.0568 e. The van der Waals surface area contributed by atoms with Gasteiger partial charge in [-0.3, -0.25) is 0 Å². The topological polar surface area (TPSA) is 29.5 Å². The molecule has 2 nitrogen and oxygen atoms in total. The van der Waals surface area contributed by atoms with Crippen molar-refractivity contribution >= 4 is 0 Å². The molecule has 0 fully saturated rings. The van der Waals surface area contributed by atoms with Crippen LogP contribution in [0.4, 0.5) is 0 Å².